The second-order valence-electron chi connectivity index (χ2n) is 7.90. The van der Waals surface area contributed by atoms with Gasteiger partial charge in [-0.05, 0) is 56.7 Å². The summed E-state index contributed by atoms with van der Waals surface area (Å²) in [6, 6.07) is 5.16. The van der Waals surface area contributed by atoms with Crippen molar-refractivity contribution in [3.05, 3.63) is 23.2 Å². The number of nitrogens with one attached hydrogen (secondary N) is 3. The molecule has 28 heavy (non-hydrogen) atoms. The molecule has 1 aromatic rings. The lowest BCUT2D eigenvalue weighted by molar-refractivity contribution is -0.126. The van der Waals surface area contributed by atoms with E-state index in [2.05, 4.69) is 16.0 Å². The van der Waals surface area contributed by atoms with E-state index in [-0.39, 0.29) is 35.6 Å². The van der Waals surface area contributed by atoms with E-state index in [1.165, 1.54) is 6.92 Å². The largest absolute Gasteiger partial charge is 0.353 e. The van der Waals surface area contributed by atoms with Gasteiger partial charge in [0, 0.05) is 29.8 Å². The van der Waals surface area contributed by atoms with Crippen molar-refractivity contribution in [1.82, 2.24) is 5.32 Å². The SMILES string of the molecule is CC(=O)Nc1cc(Cl)ccc1NC(=O)C1CCC(NC(=O)C2CCCC2)CC1. The van der Waals surface area contributed by atoms with Crippen LogP contribution in [0.5, 0.6) is 0 Å². The number of halogens is 1. The van der Waals surface area contributed by atoms with Crippen LogP contribution in [-0.2, 0) is 14.4 Å². The van der Waals surface area contributed by atoms with Crippen LogP contribution in [0.15, 0.2) is 18.2 Å². The maximum absolute atomic E-state index is 12.7. The molecule has 3 N–H and O–H groups in total. The first-order chi connectivity index (χ1) is 13.4. The fraction of sp³-hybridized carbons (Fsp3) is 0.571. The summed E-state index contributed by atoms with van der Waals surface area (Å²) in [6.07, 6.45) is 7.41. The second-order valence-corrected chi connectivity index (χ2v) is 8.34. The van der Waals surface area contributed by atoms with Crippen molar-refractivity contribution in [3.8, 4) is 0 Å². The molecule has 2 aliphatic carbocycles. The molecule has 0 atom stereocenters. The maximum atomic E-state index is 12.7. The molecule has 0 heterocycles. The zero-order chi connectivity index (χ0) is 20.1. The quantitative estimate of drug-likeness (QED) is 0.689. The molecule has 0 aromatic heterocycles. The fourth-order valence-corrected chi connectivity index (χ4v) is 4.33. The van der Waals surface area contributed by atoms with Gasteiger partial charge in [-0.25, -0.2) is 0 Å². The van der Waals surface area contributed by atoms with Crippen LogP contribution in [0.4, 0.5) is 11.4 Å². The van der Waals surface area contributed by atoms with Crippen LogP contribution in [-0.4, -0.2) is 23.8 Å². The van der Waals surface area contributed by atoms with Gasteiger partial charge < -0.3 is 16.0 Å². The van der Waals surface area contributed by atoms with Crippen LogP contribution in [0.25, 0.3) is 0 Å². The highest BCUT2D eigenvalue weighted by molar-refractivity contribution is 6.31. The Labute approximate surface area is 170 Å². The van der Waals surface area contributed by atoms with Crippen molar-refractivity contribution in [2.24, 2.45) is 11.8 Å². The van der Waals surface area contributed by atoms with Gasteiger partial charge in [0.05, 0.1) is 11.4 Å². The monoisotopic (exact) mass is 405 g/mol. The Bertz CT molecular complexity index is 738. The highest BCUT2D eigenvalue weighted by Gasteiger charge is 2.30. The van der Waals surface area contributed by atoms with E-state index in [4.69, 9.17) is 11.6 Å². The summed E-state index contributed by atoms with van der Waals surface area (Å²) in [5.74, 6) is -0.0177. The van der Waals surface area contributed by atoms with Crippen LogP contribution in [0.2, 0.25) is 5.02 Å². The summed E-state index contributed by atoms with van der Waals surface area (Å²) in [4.78, 5) is 36.4. The van der Waals surface area contributed by atoms with Crippen molar-refractivity contribution in [1.29, 1.82) is 0 Å². The number of anilines is 2. The summed E-state index contributed by atoms with van der Waals surface area (Å²) in [6.45, 7) is 1.41. The van der Waals surface area contributed by atoms with E-state index in [1.54, 1.807) is 18.2 Å². The first-order valence-electron chi connectivity index (χ1n) is 10.1. The van der Waals surface area contributed by atoms with Crippen LogP contribution in [0, 0.1) is 11.8 Å². The van der Waals surface area contributed by atoms with Crippen LogP contribution in [0.3, 0.4) is 0 Å². The highest BCUT2D eigenvalue weighted by Crippen LogP contribution is 2.30. The van der Waals surface area contributed by atoms with Gasteiger partial charge in [-0.1, -0.05) is 24.4 Å². The predicted octanol–water partition coefficient (Wildman–Crippen LogP) is 4.10. The molecule has 2 saturated carbocycles. The Morgan fingerprint density at radius 1 is 0.857 bits per heavy atom. The molecule has 3 rings (SSSR count). The third kappa shape index (κ3) is 5.47. The molecular formula is C21H28ClN3O3. The summed E-state index contributed by atoms with van der Waals surface area (Å²) in [5, 5.41) is 9.27. The van der Waals surface area contributed by atoms with E-state index in [1.807, 2.05) is 0 Å². The summed E-state index contributed by atoms with van der Waals surface area (Å²) >= 11 is 5.99. The van der Waals surface area contributed by atoms with E-state index >= 15 is 0 Å². The normalized spacial score (nSPS) is 22.5. The van der Waals surface area contributed by atoms with Crippen molar-refractivity contribution in [2.45, 2.75) is 64.3 Å². The van der Waals surface area contributed by atoms with Crippen LogP contribution < -0.4 is 16.0 Å². The maximum Gasteiger partial charge on any atom is 0.227 e. The Morgan fingerprint density at radius 3 is 2.14 bits per heavy atom. The zero-order valence-corrected chi connectivity index (χ0v) is 17.0. The molecule has 0 spiro atoms. The Kier molecular flexibility index (Phi) is 6.94. The van der Waals surface area contributed by atoms with Crippen molar-refractivity contribution in [3.63, 3.8) is 0 Å². The highest BCUT2D eigenvalue weighted by atomic mass is 35.5. The zero-order valence-electron chi connectivity index (χ0n) is 16.2. The van der Waals surface area contributed by atoms with E-state index in [0.29, 0.717) is 16.4 Å². The lowest BCUT2D eigenvalue weighted by Gasteiger charge is -2.29. The Balaban J connectivity index is 1.51. The van der Waals surface area contributed by atoms with E-state index in [9.17, 15) is 14.4 Å². The predicted molar refractivity (Wildman–Crippen MR) is 110 cm³/mol. The van der Waals surface area contributed by atoms with E-state index in [0.717, 1.165) is 51.4 Å². The van der Waals surface area contributed by atoms with Gasteiger partial charge in [0.2, 0.25) is 17.7 Å². The number of benzene rings is 1. The molecule has 0 aliphatic heterocycles. The van der Waals surface area contributed by atoms with Gasteiger partial charge in [0.1, 0.15) is 0 Å². The summed E-state index contributed by atoms with van der Waals surface area (Å²) in [5.41, 5.74) is 1.03. The number of carbonyl (C=O) groups is 3. The molecule has 0 saturated heterocycles. The minimum absolute atomic E-state index is 0.0607. The van der Waals surface area contributed by atoms with Crippen molar-refractivity contribution < 1.29 is 14.4 Å². The summed E-state index contributed by atoms with van der Waals surface area (Å²) in [7, 11) is 0. The molecular weight excluding hydrogens is 378 g/mol. The first-order valence-corrected chi connectivity index (χ1v) is 10.5. The minimum Gasteiger partial charge on any atom is -0.353 e. The third-order valence-electron chi connectivity index (χ3n) is 5.72. The van der Waals surface area contributed by atoms with Gasteiger partial charge in [-0.3, -0.25) is 14.4 Å². The first kappa shape index (κ1) is 20.6. The number of amides is 3. The van der Waals surface area contributed by atoms with Gasteiger partial charge in [0.25, 0.3) is 0 Å². The Morgan fingerprint density at radius 2 is 1.50 bits per heavy atom. The number of carbonyl (C=O) groups excluding carboxylic acids is 3. The average Bonchev–Trinajstić information content (AvgIpc) is 3.19. The van der Waals surface area contributed by atoms with E-state index < -0.39 is 0 Å². The third-order valence-corrected chi connectivity index (χ3v) is 5.96. The van der Waals surface area contributed by atoms with Gasteiger partial charge in [-0.15, -0.1) is 0 Å². The van der Waals surface area contributed by atoms with Crippen LogP contribution >= 0.6 is 11.6 Å². The van der Waals surface area contributed by atoms with Crippen LogP contribution in [0.1, 0.15) is 58.3 Å². The molecule has 0 unspecified atom stereocenters. The topological polar surface area (TPSA) is 87.3 Å². The van der Waals surface area contributed by atoms with Crippen molar-refractivity contribution in [2.75, 3.05) is 10.6 Å². The second kappa shape index (κ2) is 9.41. The number of hydrogen-bond donors (Lipinski definition) is 3. The molecule has 0 radical (unpaired) electrons. The average molecular weight is 406 g/mol. The van der Waals surface area contributed by atoms with Gasteiger partial charge >= 0.3 is 0 Å². The molecule has 3 amide bonds. The molecule has 7 heteroatoms. The smallest absolute Gasteiger partial charge is 0.227 e. The molecule has 152 valence electrons. The summed E-state index contributed by atoms with van der Waals surface area (Å²) < 4.78 is 0. The van der Waals surface area contributed by atoms with Gasteiger partial charge in [-0.2, -0.15) is 0 Å². The number of rotatable bonds is 5. The van der Waals surface area contributed by atoms with Crippen molar-refractivity contribution >= 4 is 40.7 Å². The minimum atomic E-state index is -0.226. The lowest BCUT2D eigenvalue weighted by atomic mass is 9.85. The molecule has 6 nitrogen and oxygen atoms in total. The number of hydrogen-bond acceptors (Lipinski definition) is 3. The molecule has 1 aromatic carbocycles. The van der Waals surface area contributed by atoms with Gasteiger partial charge in [0.15, 0.2) is 0 Å². The fourth-order valence-electron chi connectivity index (χ4n) is 4.16. The molecule has 0 bridgehead atoms. The molecule has 2 aliphatic rings. The standard InChI is InChI=1S/C21H28ClN3O3/c1-13(26)23-19-12-16(22)8-11-18(19)25-21(28)15-6-9-17(10-7-15)24-20(27)14-4-2-3-5-14/h8,11-12,14-15,17H,2-7,9-10H2,1H3,(H,23,26)(H,24,27)(H,25,28). The lowest BCUT2D eigenvalue weighted by Crippen LogP contribution is -2.41. The Hall–Kier alpha value is -2.08. The molecule has 2 fully saturated rings.